The van der Waals surface area contributed by atoms with Gasteiger partial charge in [-0.3, -0.25) is 0 Å². The predicted molar refractivity (Wildman–Crippen MR) is 192 cm³/mol. The van der Waals surface area contributed by atoms with E-state index >= 15 is 0 Å². The summed E-state index contributed by atoms with van der Waals surface area (Å²) in [6.45, 7) is 7.89. The lowest BCUT2D eigenvalue weighted by Gasteiger charge is -2.39. The van der Waals surface area contributed by atoms with Gasteiger partial charge in [-0.25, -0.2) is 8.42 Å². The predicted octanol–water partition coefficient (Wildman–Crippen LogP) is 5.70. The quantitative estimate of drug-likeness (QED) is 0.367. The third-order valence-electron chi connectivity index (χ3n) is 10.4. The second kappa shape index (κ2) is 15.9. The summed E-state index contributed by atoms with van der Waals surface area (Å²) in [6.07, 6.45) is 8.35. The molecule has 0 N–H and O–H groups in total. The van der Waals surface area contributed by atoms with Gasteiger partial charge >= 0.3 is 0 Å². The van der Waals surface area contributed by atoms with E-state index in [0.29, 0.717) is 49.6 Å². The second-order valence-corrected chi connectivity index (χ2v) is 18.4. The van der Waals surface area contributed by atoms with E-state index in [-0.39, 0.29) is 23.9 Å². The van der Waals surface area contributed by atoms with Gasteiger partial charge in [-0.1, -0.05) is 43.9 Å². The molecule has 1 saturated heterocycles. The first kappa shape index (κ1) is 36.5. The molecule has 12 heteroatoms. The number of hydrogen-bond acceptors (Lipinski definition) is 6. The lowest BCUT2D eigenvalue weighted by atomic mass is 9.84. The van der Waals surface area contributed by atoms with Crippen LogP contribution in [0.3, 0.4) is 0 Å². The number of fused-ring (bicyclic) bond motifs is 1. The van der Waals surface area contributed by atoms with Gasteiger partial charge in [0.05, 0.1) is 4.90 Å². The minimum atomic E-state index is -3.79. The maximum atomic E-state index is 14.3. The molecule has 0 unspecified atom stereocenters. The lowest BCUT2D eigenvalue weighted by molar-refractivity contribution is 0.119. The van der Waals surface area contributed by atoms with Crippen molar-refractivity contribution in [1.82, 2.24) is 17.8 Å². The van der Waals surface area contributed by atoms with Crippen molar-refractivity contribution in [1.29, 1.82) is 0 Å². The fraction of sp³-hybridized carbons (Fsp3) is 0.657. The third-order valence-corrected chi connectivity index (χ3v) is 14.5. The van der Waals surface area contributed by atoms with Gasteiger partial charge in [-0.15, -0.1) is 0 Å². The van der Waals surface area contributed by atoms with E-state index in [4.69, 9.17) is 11.6 Å². The largest absolute Gasteiger partial charge is 0.378 e. The van der Waals surface area contributed by atoms with Crippen LogP contribution in [-0.2, 0) is 33.2 Å². The maximum Gasteiger partial charge on any atom is 0.282 e. The van der Waals surface area contributed by atoms with Crippen molar-refractivity contribution in [3.63, 3.8) is 0 Å². The molecule has 262 valence electrons. The highest BCUT2D eigenvalue weighted by atomic mass is 35.5. The van der Waals surface area contributed by atoms with E-state index in [1.807, 2.05) is 56.3 Å². The fourth-order valence-corrected chi connectivity index (χ4v) is 11.2. The summed E-state index contributed by atoms with van der Waals surface area (Å²) < 4.78 is 61.6. The Kier molecular flexibility index (Phi) is 12.3. The standard InChI is InChI=1S/C35H54ClN5O4S2/c1-28-25-39(46(42,43)35-16-14-34(15-17-35)37(3)4)21-8-19-38(29(2)30-10-6-5-7-11-30)20-9-22-40(26-28)47(44,45)41-23-18-31-24-33(36)13-12-32(31)27-41/h12-17,24,28-30H,5-11,18-23,25-27H2,1-4H3/t28-,29+/m0/s1. The summed E-state index contributed by atoms with van der Waals surface area (Å²) in [5.41, 5.74) is 3.01. The molecule has 0 spiro atoms. The molecule has 1 aliphatic carbocycles. The number of benzene rings is 2. The summed E-state index contributed by atoms with van der Waals surface area (Å²) in [7, 11) is -3.72. The Morgan fingerprint density at radius 3 is 2.06 bits per heavy atom. The first-order valence-corrected chi connectivity index (χ1v) is 20.6. The van der Waals surface area contributed by atoms with Crippen molar-refractivity contribution in [3.8, 4) is 0 Å². The van der Waals surface area contributed by atoms with Gasteiger partial charge in [-0.2, -0.15) is 21.3 Å². The smallest absolute Gasteiger partial charge is 0.282 e. The average molecular weight is 708 g/mol. The molecule has 1 saturated carbocycles. The zero-order valence-corrected chi connectivity index (χ0v) is 31.0. The summed E-state index contributed by atoms with van der Waals surface area (Å²) in [4.78, 5) is 4.72. The molecular weight excluding hydrogens is 654 g/mol. The molecule has 3 aliphatic rings. The molecule has 2 heterocycles. The van der Waals surface area contributed by atoms with Crippen LogP contribution in [0.5, 0.6) is 0 Å². The molecule has 0 radical (unpaired) electrons. The van der Waals surface area contributed by atoms with Crippen LogP contribution in [0, 0.1) is 11.8 Å². The van der Waals surface area contributed by atoms with Gasteiger partial charge in [0.25, 0.3) is 10.2 Å². The van der Waals surface area contributed by atoms with Crippen molar-refractivity contribution in [2.24, 2.45) is 11.8 Å². The van der Waals surface area contributed by atoms with Gasteiger partial charge in [0, 0.05) is 70.1 Å². The van der Waals surface area contributed by atoms with Crippen LogP contribution in [0.15, 0.2) is 47.4 Å². The highest BCUT2D eigenvalue weighted by Crippen LogP contribution is 2.31. The van der Waals surface area contributed by atoms with E-state index in [9.17, 15) is 16.8 Å². The maximum absolute atomic E-state index is 14.3. The Balaban J connectivity index is 1.41. The van der Waals surface area contributed by atoms with Crippen molar-refractivity contribution in [3.05, 3.63) is 58.6 Å². The molecule has 2 aromatic carbocycles. The summed E-state index contributed by atoms with van der Waals surface area (Å²) in [5, 5.41) is 0.664. The van der Waals surface area contributed by atoms with E-state index in [1.54, 1.807) is 25.0 Å². The van der Waals surface area contributed by atoms with Crippen LogP contribution in [0.2, 0.25) is 5.02 Å². The topological polar surface area (TPSA) is 84.5 Å². The first-order valence-electron chi connectivity index (χ1n) is 17.4. The van der Waals surface area contributed by atoms with Gasteiger partial charge in [0.2, 0.25) is 10.0 Å². The number of anilines is 1. The molecule has 9 nitrogen and oxygen atoms in total. The van der Waals surface area contributed by atoms with E-state index in [1.165, 1.54) is 32.1 Å². The number of rotatable bonds is 7. The van der Waals surface area contributed by atoms with E-state index in [0.717, 1.165) is 42.7 Å². The SMILES string of the molecule is C[C@H]1CN(S(=O)(=O)c2ccc(N(C)C)cc2)CCCN([C@H](C)C2CCCCC2)CCCN(S(=O)(=O)N2CCc3cc(Cl)ccc3C2)C1. The monoisotopic (exact) mass is 707 g/mol. The van der Waals surface area contributed by atoms with Crippen molar-refractivity contribution in [2.45, 2.75) is 82.7 Å². The molecule has 0 aromatic heterocycles. The van der Waals surface area contributed by atoms with Gasteiger partial charge in [-0.05, 0) is 111 Å². The molecule has 2 atom stereocenters. The van der Waals surface area contributed by atoms with Crippen molar-refractivity contribution in [2.75, 3.05) is 64.8 Å². The Hall–Kier alpha value is -1.73. The van der Waals surface area contributed by atoms with Crippen molar-refractivity contribution >= 4 is 37.5 Å². The number of hydrogen-bond donors (Lipinski definition) is 0. The zero-order chi connectivity index (χ0) is 33.8. The van der Waals surface area contributed by atoms with Crippen LogP contribution in [-0.4, -0.2) is 101 Å². The van der Waals surface area contributed by atoms with Crippen LogP contribution < -0.4 is 4.90 Å². The Bertz CT molecular complexity index is 1550. The molecule has 5 rings (SSSR count). The fourth-order valence-electron chi connectivity index (χ4n) is 7.62. The number of nitrogens with zero attached hydrogens (tertiary/aromatic N) is 5. The van der Waals surface area contributed by atoms with E-state index in [2.05, 4.69) is 11.8 Å². The third kappa shape index (κ3) is 8.90. The van der Waals surface area contributed by atoms with E-state index < -0.39 is 20.2 Å². The molecule has 0 amide bonds. The van der Waals surface area contributed by atoms with Crippen LogP contribution in [0.1, 0.15) is 69.9 Å². The van der Waals surface area contributed by atoms with Crippen molar-refractivity contribution < 1.29 is 16.8 Å². The highest BCUT2D eigenvalue weighted by molar-refractivity contribution is 7.89. The second-order valence-electron chi connectivity index (χ2n) is 14.1. The minimum Gasteiger partial charge on any atom is -0.378 e. The molecule has 47 heavy (non-hydrogen) atoms. The Morgan fingerprint density at radius 1 is 0.766 bits per heavy atom. The molecular formula is C35H54ClN5O4S2. The van der Waals surface area contributed by atoms with Gasteiger partial charge in [0.1, 0.15) is 0 Å². The number of halogens is 1. The van der Waals surface area contributed by atoms with Crippen LogP contribution in [0.25, 0.3) is 0 Å². The molecule has 2 aromatic rings. The lowest BCUT2D eigenvalue weighted by Crippen LogP contribution is -2.50. The summed E-state index contributed by atoms with van der Waals surface area (Å²) >= 11 is 6.22. The number of sulfonamides is 1. The Labute approximate surface area is 289 Å². The first-order chi connectivity index (χ1) is 22.4. The minimum absolute atomic E-state index is 0.201. The van der Waals surface area contributed by atoms with Gasteiger partial charge in [0.15, 0.2) is 0 Å². The molecule has 2 fully saturated rings. The average Bonchev–Trinajstić information content (AvgIpc) is 3.05. The Morgan fingerprint density at radius 2 is 1.40 bits per heavy atom. The zero-order valence-electron chi connectivity index (χ0n) is 28.7. The van der Waals surface area contributed by atoms with Crippen LogP contribution in [0.4, 0.5) is 5.69 Å². The van der Waals surface area contributed by atoms with Crippen LogP contribution >= 0.6 is 11.6 Å². The molecule has 2 aliphatic heterocycles. The molecule has 0 bridgehead atoms. The van der Waals surface area contributed by atoms with Gasteiger partial charge < -0.3 is 9.80 Å². The normalized spacial score (nSPS) is 23.4. The summed E-state index contributed by atoms with van der Waals surface area (Å²) in [6, 6.07) is 13.1. The highest BCUT2D eigenvalue weighted by Gasteiger charge is 2.35. The summed E-state index contributed by atoms with van der Waals surface area (Å²) in [5.74, 6) is 0.418.